The Morgan fingerprint density at radius 3 is 1.64 bits per heavy atom. The van der Waals surface area contributed by atoms with E-state index in [1.165, 1.54) is 60.7 Å². The number of carbonyl (C=O) groups is 1. The quantitative estimate of drug-likeness (QED) is 0.0377. The van der Waals surface area contributed by atoms with Crippen LogP contribution >= 0.6 is 0 Å². The Bertz CT molecular complexity index is 3790. The van der Waals surface area contributed by atoms with Crippen molar-refractivity contribution in [2.45, 2.75) is 14.7 Å². The second-order valence-electron chi connectivity index (χ2n) is 14.2. The van der Waals surface area contributed by atoms with E-state index >= 15 is 0 Å². The predicted octanol–water partition coefficient (Wildman–Crippen LogP) is 9.20. The number of hydrazone groups is 1. The van der Waals surface area contributed by atoms with E-state index in [0.717, 1.165) is 48.2 Å². The minimum Gasteiger partial charge on any atom is -0.356 e. The normalized spacial score (nSPS) is 14.3. The van der Waals surface area contributed by atoms with Gasteiger partial charge in [0.15, 0.2) is 5.71 Å². The largest absolute Gasteiger partial charge is 0.356 e. The van der Waals surface area contributed by atoms with E-state index in [9.17, 15) is 56.7 Å². The van der Waals surface area contributed by atoms with Crippen molar-refractivity contribution in [3.8, 4) is 0 Å². The van der Waals surface area contributed by atoms with Crippen molar-refractivity contribution in [2.75, 3.05) is 10.7 Å². The molecule has 0 saturated heterocycles. The van der Waals surface area contributed by atoms with Gasteiger partial charge < -0.3 is 5.32 Å². The van der Waals surface area contributed by atoms with E-state index in [0.29, 0.717) is 5.69 Å². The maximum Gasteiger partial charge on any atom is 0.296 e. The van der Waals surface area contributed by atoms with Crippen LogP contribution in [0, 0.1) is 0 Å². The molecule has 0 saturated carbocycles. The zero-order valence-electron chi connectivity index (χ0n) is 33.1. The Labute approximate surface area is 374 Å². The van der Waals surface area contributed by atoms with Crippen molar-refractivity contribution in [2.24, 2.45) is 25.6 Å². The third-order valence-corrected chi connectivity index (χ3v) is 13.2. The number of azo groups is 2. The fourth-order valence-corrected chi connectivity index (χ4v) is 8.93. The molecule has 0 atom stereocenters. The number of fused-ring (bicyclic) bond motifs is 3. The molecule has 0 aliphatic heterocycles. The minimum atomic E-state index is -5.04. The molecule has 0 radical (unpaired) electrons. The van der Waals surface area contributed by atoms with Gasteiger partial charge in [0.1, 0.15) is 4.91 Å². The van der Waals surface area contributed by atoms with E-state index in [1.807, 2.05) is 6.07 Å². The zero-order chi connectivity index (χ0) is 47.2. The van der Waals surface area contributed by atoms with Crippen molar-refractivity contribution >= 4 is 119 Å². The molecule has 66 heavy (non-hydrogen) atoms. The standard InChI is InChI=1S/C42H29N7O13S4/c50-42-31-12-9-26(43-25-5-2-1-3-6-25)19-24(31)20-40(66(60,61)62)41(42)49-48-37-16-18-39(35-23-30(65(57,58)59)11-14-33(35)37)47-46-38-17-15-36(32-13-10-29(22-34(32)38)64(54,55)56)45-44-27-7-4-8-28(21-27)63(51,52)53/h1-23,43,48H,(H,51,52,53)(H,54,55,56)(H,57,58,59)(H,60,61,62). The number of ketones is 1. The van der Waals surface area contributed by atoms with Gasteiger partial charge in [-0.15, -0.1) is 15.3 Å². The first-order valence-electron chi connectivity index (χ1n) is 18.7. The van der Waals surface area contributed by atoms with Crippen LogP contribution in [0.1, 0.15) is 15.9 Å². The molecule has 7 aromatic rings. The fraction of sp³-hybridized carbons (Fsp3) is 0. The molecule has 0 fully saturated rings. The number of carbonyl (C=O) groups excluding carboxylic acids is 1. The molecule has 0 amide bonds. The SMILES string of the molecule is O=C1C(=NNc2ccc(N=Nc3ccc(N=Nc4cccc(S(=O)(=O)O)c4)c4ccc(S(=O)(=O)O)cc34)c3cc(S(=O)(=O)O)ccc23)C(S(=O)(=O)O)=Cc2cc(Nc3ccccc3)ccc21. The van der Waals surface area contributed by atoms with Crippen molar-refractivity contribution in [3.63, 3.8) is 0 Å². The molecule has 0 heterocycles. The third-order valence-electron chi connectivity index (χ3n) is 9.82. The van der Waals surface area contributed by atoms with E-state index in [4.69, 9.17) is 0 Å². The van der Waals surface area contributed by atoms with Gasteiger partial charge >= 0.3 is 0 Å². The Morgan fingerprint density at radius 2 is 1.02 bits per heavy atom. The highest BCUT2D eigenvalue weighted by molar-refractivity contribution is 7.91. The first kappa shape index (κ1) is 45.2. The molecule has 8 rings (SSSR count). The molecule has 0 spiro atoms. The highest BCUT2D eigenvalue weighted by Crippen LogP contribution is 2.39. The van der Waals surface area contributed by atoms with Crippen LogP contribution in [0.3, 0.4) is 0 Å². The number of hydrogen-bond donors (Lipinski definition) is 6. The smallest absolute Gasteiger partial charge is 0.296 e. The van der Waals surface area contributed by atoms with Crippen LogP contribution in [0.2, 0.25) is 0 Å². The molecular formula is C42H29N7O13S4. The summed E-state index contributed by atoms with van der Waals surface area (Å²) in [5.41, 5.74) is 3.62. The van der Waals surface area contributed by atoms with Crippen LogP contribution < -0.4 is 10.7 Å². The highest BCUT2D eigenvalue weighted by atomic mass is 32.2. The Hall–Kier alpha value is -7.42. The zero-order valence-corrected chi connectivity index (χ0v) is 36.4. The summed E-state index contributed by atoms with van der Waals surface area (Å²) in [6, 6.07) is 30.9. The van der Waals surface area contributed by atoms with E-state index in [1.54, 1.807) is 30.3 Å². The van der Waals surface area contributed by atoms with Gasteiger partial charge in [-0.1, -0.05) is 36.4 Å². The summed E-state index contributed by atoms with van der Waals surface area (Å²) in [6.45, 7) is 0. The first-order valence-corrected chi connectivity index (χ1v) is 24.4. The van der Waals surface area contributed by atoms with Gasteiger partial charge in [-0.05, 0) is 109 Å². The van der Waals surface area contributed by atoms with Gasteiger partial charge in [0.25, 0.3) is 40.5 Å². The highest BCUT2D eigenvalue weighted by Gasteiger charge is 2.33. The molecule has 0 bridgehead atoms. The molecule has 7 aromatic carbocycles. The molecule has 6 N–H and O–H groups in total. The average Bonchev–Trinajstić information content (AvgIpc) is 3.26. The Kier molecular flexibility index (Phi) is 11.8. The Morgan fingerprint density at radius 1 is 0.455 bits per heavy atom. The number of rotatable bonds is 12. The van der Waals surface area contributed by atoms with Gasteiger partial charge in [0.2, 0.25) is 5.78 Å². The number of Topliss-reactive ketones (excluding diaryl/α,β-unsaturated/α-hetero) is 1. The summed E-state index contributed by atoms with van der Waals surface area (Å²) >= 11 is 0. The van der Waals surface area contributed by atoms with Crippen LogP contribution in [0.4, 0.5) is 39.8 Å². The lowest BCUT2D eigenvalue weighted by Gasteiger charge is -2.18. The monoisotopic (exact) mass is 967 g/mol. The maximum absolute atomic E-state index is 13.8. The van der Waals surface area contributed by atoms with Crippen LogP contribution in [0.15, 0.2) is 179 Å². The summed E-state index contributed by atoms with van der Waals surface area (Å²) in [5, 5.41) is 24.5. The lowest BCUT2D eigenvalue weighted by molar-refractivity contribution is 0.106. The first-order chi connectivity index (χ1) is 31.1. The molecule has 1 aliphatic rings. The summed E-state index contributed by atoms with van der Waals surface area (Å²) in [6.07, 6.45) is 1.09. The summed E-state index contributed by atoms with van der Waals surface area (Å²) < 4.78 is 137. The molecule has 0 aromatic heterocycles. The topological polar surface area (TPSA) is 320 Å². The van der Waals surface area contributed by atoms with Gasteiger partial charge in [0.05, 0.1) is 43.1 Å². The summed E-state index contributed by atoms with van der Waals surface area (Å²) in [4.78, 5) is 11.4. The van der Waals surface area contributed by atoms with Gasteiger partial charge in [-0.3, -0.25) is 28.4 Å². The number of hydrogen-bond acceptors (Lipinski definition) is 16. The Balaban J connectivity index is 1.18. The minimum absolute atomic E-state index is 0.000837. The van der Waals surface area contributed by atoms with Gasteiger partial charge in [-0.2, -0.15) is 43.9 Å². The number of allylic oxidation sites excluding steroid dienone is 1. The molecule has 334 valence electrons. The van der Waals surface area contributed by atoms with E-state index in [-0.39, 0.29) is 61.1 Å². The number of para-hydroxylation sites is 1. The third kappa shape index (κ3) is 9.65. The van der Waals surface area contributed by atoms with Crippen molar-refractivity contribution in [1.82, 2.24) is 0 Å². The van der Waals surface area contributed by atoms with Crippen molar-refractivity contribution < 1.29 is 56.7 Å². The van der Waals surface area contributed by atoms with E-state index < -0.39 is 71.6 Å². The van der Waals surface area contributed by atoms with Gasteiger partial charge in [0, 0.05) is 38.5 Å². The molecule has 20 nitrogen and oxygen atoms in total. The van der Waals surface area contributed by atoms with Crippen LogP contribution in [-0.2, 0) is 40.5 Å². The molecule has 24 heteroatoms. The maximum atomic E-state index is 13.8. The van der Waals surface area contributed by atoms with Gasteiger partial charge in [-0.25, -0.2) is 0 Å². The van der Waals surface area contributed by atoms with Crippen LogP contribution in [-0.4, -0.2) is 63.4 Å². The molecule has 0 unspecified atom stereocenters. The van der Waals surface area contributed by atoms with Crippen molar-refractivity contribution in [3.05, 3.63) is 149 Å². The lowest BCUT2D eigenvalue weighted by atomic mass is 9.94. The second kappa shape index (κ2) is 17.2. The molecular weight excluding hydrogens is 939 g/mol. The van der Waals surface area contributed by atoms with Crippen LogP contribution in [0.25, 0.3) is 27.6 Å². The fourth-order valence-electron chi connectivity index (χ4n) is 6.74. The lowest BCUT2D eigenvalue weighted by Crippen LogP contribution is -2.27. The summed E-state index contributed by atoms with van der Waals surface area (Å²) in [7, 11) is -19.2. The molecule has 1 aliphatic carbocycles. The number of nitrogens with one attached hydrogen (secondary N) is 2. The summed E-state index contributed by atoms with van der Waals surface area (Å²) in [5.74, 6) is -0.856. The number of benzene rings is 7. The van der Waals surface area contributed by atoms with E-state index in [2.05, 4.69) is 36.3 Å². The average molecular weight is 968 g/mol. The number of anilines is 3. The number of nitrogens with zero attached hydrogens (tertiary/aromatic N) is 5. The van der Waals surface area contributed by atoms with Crippen molar-refractivity contribution in [1.29, 1.82) is 0 Å². The van der Waals surface area contributed by atoms with Crippen LogP contribution in [0.5, 0.6) is 0 Å². The predicted molar refractivity (Wildman–Crippen MR) is 243 cm³/mol. The second-order valence-corrected chi connectivity index (χ2v) is 19.8.